The van der Waals surface area contributed by atoms with Gasteiger partial charge in [0.2, 0.25) is 0 Å². The first kappa shape index (κ1) is 26.5. The molecule has 16 nitrogen and oxygen atoms in total. The number of fused-ring (bicyclic) bond motifs is 1. The van der Waals surface area contributed by atoms with Crippen molar-refractivity contribution in [3.63, 3.8) is 0 Å². The summed E-state index contributed by atoms with van der Waals surface area (Å²) in [6.07, 6.45) is -6.00. The van der Waals surface area contributed by atoms with Gasteiger partial charge < -0.3 is 43.2 Å². The lowest BCUT2D eigenvalue weighted by Crippen LogP contribution is -2.43. The first-order valence-corrected chi connectivity index (χ1v) is 12.7. The Hall–Kier alpha value is -2.56. The smallest absolute Gasteiger partial charge is 0.333 e. The van der Waals surface area contributed by atoms with E-state index in [4.69, 9.17) is 9.26 Å². The predicted molar refractivity (Wildman–Crippen MR) is 106 cm³/mol. The van der Waals surface area contributed by atoms with Crippen LogP contribution in [0, 0.1) is 5.82 Å². The van der Waals surface area contributed by atoms with E-state index in [0.29, 0.717) is 9.95 Å². The van der Waals surface area contributed by atoms with Crippen molar-refractivity contribution >= 4 is 26.6 Å². The van der Waals surface area contributed by atoms with Crippen LogP contribution < -0.4 is 25.9 Å². The zero-order chi connectivity index (χ0) is 26.4. The van der Waals surface area contributed by atoms with Crippen LogP contribution in [0.15, 0.2) is 44.6 Å². The highest BCUT2D eigenvalue weighted by molar-refractivity contribution is 7.58. The molecular weight excluding hydrogens is 535 g/mol. The highest BCUT2D eigenvalue weighted by Crippen LogP contribution is 2.50. The maximum absolute atomic E-state index is 13.4. The normalized spacial score (nSPS) is 24.3. The van der Waals surface area contributed by atoms with Crippen LogP contribution in [0.1, 0.15) is 11.9 Å². The third-order valence-corrected chi connectivity index (χ3v) is 7.19. The van der Waals surface area contributed by atoms with E-state index in [1.807, 2.05) is 0 Å². The Kier molecular flexibility index (Phi) is 7.15. The van der Waals surface area contributed by atoms with E-state index in [9.17, 15) is 48.0 Å². The molecule has 2 unspecified atom stereocenters. The molecule has 1 fully saturated rings. The van der Waals surface area contributed by atoms with Crippen molar-refractivity contribution in [3.05, 3.63) is 62.8 Å². The second kappa shape index (κ2) is 9.72. The van der Waals surface area contributed by atoms with Gasteiger partial charge >= 0.3 is 5.69 Å². The molecular formula is C17H15FN3O13P2-3. The first-order valence-electron chi connectivity index (χ1n) is 9.82. The Morgan fingerprint density at radius 2 is 1.86 bits per heavy atom. The molecule has 3 aromatic rings. The number of benzene rings is 1. The number of ether oxygens (including phenoxy) is 1. The van der Waals surface area contributed by atoms with Crippen molar-refractivity contribution in [2.75, 3.05) is 6.61 Å². The molecule has 1 aromatic carbocycles. The quantitative estimate of drug-likeness (QED) is 0.271. The number of aromatic nitrogens is 3. The molecule has 2 N–H and O–H groups in total. The van der Waals surface area contributed by atoms with Crippen LogP contribution in [0.5, 0.6) is 0 Å². The number of phosphoric acid groups is 2. The summed E-state index contributed by atoms with van der Waals surface area (Å²) in [5.74, 6) is -0.594. The third-order valence-electron chi connectivity index (χ3n) is 5.12. The van der Waals surface area contributed by atoms with Gasteiger partial charge in [0.15, 0.2) is 11.8 Å². The maximum Gasteiger partial charge on any atom is 0.333 e. The van der Waals surface area contributed by atoms with E-state index in [1.165, 1.54) is 6.07 Å². The van der Waals surface area contributed by atoms with Gasteiger partial charge in [-0.3, -0.25) is 22.8 Å². The lowest BCUT2D eigenvalue weighted by atomic mass is 10.1. The van der Waals surface area contributed by atoms with Gasteiger partial charge in [0, 0.05) is 23.7 Å². The Labute approximate surface area is 198 Å². The number of nitrogens with zero attached hydrogens (tertiary/aromatic N) is 3. The first-order chi connectivity index (χ1) is 16.8. The Balaban J connectivity index is 1.57. The second-order valence-corrected chi connectivity index (χ2v) is 10.2. The fourth-order valence-corrected chi connectivity index (χ4v) is 5.00. The van der Waals surface area contributed by atoms with E-state index in [0.717, 1.165) is 29.0 Å². The molecule has 1 saturated heterocycles. The van der Waals surface area contributed by atoms with Crippen LogP contribution in [-0.2, 0) is 29.2 Å². The van der Waals surface area contributed by atoms with Gasteiger partial charge in [-0.15, -0.1) is 0 Å². The maximum atomic E-state index is 13.4. The minimum Gasteiger partial charge on any atom is -0.790 e. The van der Waals surface area contributed by atoms with Crippen LogP contribution in [0.4, 0.5) is 4.39 Å². The van der Waals surface area contributed by atoms with Crippen LogP contribution in [0.3, 0.4) is 0 Å². The van der Waals surface area contributed by atoms with Gasteiger partial charge in [-0.1, -0.05) is 5.16 Å². The van der Waals surface area contributed by atoms with Gasteiger partial charge in [-0.05, 0) is 12.1 Å². The summed E-state index contributed by atoms with van der Waals surface area (Å²) < 4.78 is 54.5. The van der Waals surface area contributed by atoms with Crippen LogP contribution >= 0.6 is 15.6 Å². The average molecular weight is 550 g/mol. The molecule has 4 rings (SSSR count). The van der Waals surface area contributed by atoms with Gasteiger partial charge in [-0.2, -0.15) is 0 Å². The highest BCUT2D eigenvalue weighted by atomic mass is 31.3. The Bertz CT molecular complexity index is 1500. The molecule has 0 bridgehead atoms. The largest absolute Gasteiger partial charge is 0.790 e. The van der Waals surface area contributed by atoms with Gasteiger partial charge in [0.25, 0.3) is 13.4 Å². The summed E-state index contributed by atoms with van der Waals surface area (Å²) in [6, 6.07) is 4.46. The second-order valence-electron chi connectivity index (χ2n) is 7.52. The number of halogens is 1. The lowest BCUT2D eigenvalue weighted by molar-refractivity contribution is -0.339. The fourth-order valence-electron chi connectivity index (χ4n) is 3.51. The zero-order valence-corrected chi connectivity index (χ0v) is 19.4. The molecule has 19 heteroatoms. The molecule has 0 radical (unpaired) electrons. The molecule has 0 aliphatic carbocycles. The molecule has 1 aliphatic heterocycles. The van der Waals surface area contributed by atoms with Crippen molar-refractivity contribution < 1.29 is 56.5 Å². The summed E-state index contributed by atoms with van der Waals surface area (Å²) in [7, 11) is -11.6. The van der Waals surface area contributed by atoms with E-state index >= 15 is 0 Å². The van der Waals surface area contributed by atoms with Crippen molar-refractivity contribution in [3.8, 4) is 0 Å². The monoisotopic (exact) mass is 550 g/mol. The summed E-state index contributed by atoms with van der Waals surface area (Å²) >= 11 is 0. The van der Waals surface area contributed by atoms with Crippen molar-refractivity contribution in [2.45, 2.75) is 31.1 Å². The minimum atomic E-state index is -5.96. The van der Waals surface area contributed by atoms with E-state index in [2.05, 4.69) is 14.0 Å². The van der Waals surface area contributed by atoms with E-state index in [-0.39, 0.29) is 11.3 Å². The molecule has 3 heterocycles. The number of hydrogen-bond donors (Lipinski definition) is 2. The highest BCUT2D eigenvalue weighted by Gasteiger charge is 2.44. The molecule has 2 aromatic heterocycles. The number of aliphatic hydroxyl groups excluding tert-OH is 2. The van der Waals surface area contributed by atoms with E-state index < -0.39 is 70.4 Å². The van der Waals surface area contributed by atoms with E-state index in [1.54, 1.807) is 0 Å². The van der Waals surface area contributed by atoms with Crippen molar-refractivity contribution in [1.82, 2.24) is 14.3 Å². The summed E-state index contributed by atoms with van der Waals surface area (Å²) in [5, 5.41) is 24.6. The summed E-state index contributed by atoms with van der Waals surface area (Å²) in [5.41, 5.74) is -1.64. The fraction of sp³-hybridized carbons (Fsp3) is 0.353. The number of hydrogen-bond acceptors (Lipinski definition) is 14. The molecule has 0 amide bonds. The number of aliphatic hydroxyl groups is 2. The molecule has 196 valence electrons. The Morgan fingerprint density at radius 1 is 1.14 bits per heavy atom. The topological polar surface area (TPSA) is 242 Å². The SMILES string of the molecule is O=c1ccn([C@@H]2O[C@H](COP(=O)([O-])OP(=O)([O-])[O-])C(O)[C@@H]2O)c(=O)n1Cc1noc2cc(F)ccc12. The third kappa shape index (κ3) is 5.55. The van der Waals surface area contributed by atoms with Crippen LogP contribution in [0.25, 0.3) is 11.0 Å². The standard InChI is InChI=1S/C17H18FN3O13P2/c18-8-1-2-9-10(19-33-11(9)5-8)6-21-13(22)3-4-20(17(21)25)16-15(24)14(23)12(32-16)7-31-36(29,30)34-35(26,27)28/h1-5,12,14-16,23-24H,6-7H2,(H,29,30)(H2,26,27,28)/p-3/t12-,14?,15+,16-/m1/s1. The molecule has 36 heavy (non-hydrogen) atoms. The lowest BCUT2D eigenvalue weighted by Gasteiger charge is -2.35. The molecule has 0 saturated carbocycles. The van der Waals surface area contributed by atoms with Gasteiger partial charge in [0.1, 0.15) is 29.8 Å². The summed E-state index contributed by atoms with van der Waals surface area (Å²) in [4.78, 5) is 57.8. The number of rotatable bonds is 8. The Morgan fingerprint density at radius 3 is 2.56 bits per heavy atom. The number of phosphoric ester groups is 1. The average Bonchev–Trinajstić information content (AvgIpc) is 3.28. The molecule has 5 atom stereocenters. The minimum absolute atomic E-state index is 0.0692. The van der Waals surface area contributed by atoms with Gasteiger partial charge in [0.05, 0.1) is 21.0 Å². The molecule has 0 spiro atoms. The molecule has 1 aliphatic rings. The van der Waals surface area contributed by atoms with Crippen molar-refractivity contribution in [2.24, 2.45) is 0 Å². The predicted octanol–water partition coefficient (Wildman–Crippen LogP) is -2.71. The van der Waals surface area contributed by atoms with Gasteiger partial charge in [-0.25, -0.2) is 9.18 Å². The van der Waals surface area contributed by atoms with Crippen molar-refractivity contribution in [1.29, 1.82) is 0 Å². The summed E-state index contributed by atoms with van der Waals surface area (Å²) in [6.45, 7) is -1.51. The zero-order valence-electron chi connectivity index (χ0n) is 17.6. The van der Waals surface area contributed by atoms with Crippen LogP contribution in [-0.4, -0.2) is 49.4 Å². The van der Waals surface area contributed by atoms with Crippen LogP contribution in [0.2, 0.25) is 0 Å².